The number of rotatable bonds is 10. The molecule has 0 aliphatic heterocycles. The number of amides is 2. The number of nitrogens with one attached hydrogen (secondary N) is 2. The average Bonchev–Trinajstić information content (AvgIpc) is 2.78. The Bertz CT molecular complexity index is 877. The van der Waals surface area contributed by atoms with E-state index in [1.54, 1.807) is 48.5 Å². The van der Waals surface area contributed by atoms with Gasteiger partial charge < -0.3 is 14.8 Å². The predicted molar refractivity (Wildman–Crippen MR) is 113 cm³/mol. The summed E-state index contributed by atoms with van der Waals surface area (Å²) >= 11 is 0. The van der Waals surface area contributed by atoms with Gasteiger partial charge in [0.25, 0.3) is 11.8 Å². The number of hydrogen-bond acceptors (Lipinski definition) is 6. The van der Waals surface area contributed by atoms with E-state index >= 15 is 0 Å². The fourth-order valence-corrected chi connectivity index (χ4v) is 2.34. The average molecular weight is 411 g/mol. The second kappa shape index (κ2) is 12.0. The molecular weight excluding hydrogens is 386 g/mol. The van der Waals surface area contributed by atoms with E-state index in [2.05, 4.69) is 27.5 Å². The first-order valence-electron chi connectivity index (χ1n) is 9.54. The van der Waals surface area contributed by atoms with Crippen molar-refractivity contribution in [2.45, 2.75) is 19.8 Å². The van der Waals surface area contributed by atoms with E-state index in [4.69, 9.17) is 4.74 Å². The van der Waals surface area contributed by atoms with E-state index in [0.717, 1.165) is 12.8 Å². The molecule has 8 heteroatoms. The molecule has 8 nitrogen and oxygen atoms in total. The van der Waals surface area contributed by atoms with Gasteiger partial charge in [0.2, 0.25) is 0 Å². The maximum Gasteiger partial charge on any atom is 0.337 e. The van der Waals surface area contributed by atoms with E-state index in [0.29, 0.717) is 29.0 Å². The number of esters is 1. The van der Waals surface area contributed by atoms with E-state index in [9.17, 15) is 14.4 Å². The molecule has 158 valence electrons. The molecule has 0 aliphatic rings. The third-order valence-corrected chi connectivity index (χ3v) is 4.03. The number of methoxy groups -OCH3 is 1. The van der Waals surface area contributed by atoms with Crippen LogP contribution in [0.3, 0.4) is 0 Å². The number of ether oxygens (including phenoxy) is 2. The molecule has 0 saturated heterocycles. The first kappa shape index (κ1) is 22.6. The monoisotopic (exact) mass is 411 g/mol. The smallest absolute Gasteiger partial charge is 0.337 e. The van der Waals surface area contributed by atoms with Crippen molar-refractivity contribution >= 4 is 24.0 Å². The molecule has 0 heterocycles. The minimum absolute atomic E-state index is 0.216. The highest BCUT2D eigenvalue weighted by Crippen LogP contribution is 2.12. The molecule has 0 unspecified atom stereocenters. The molecule has 2 amide bonds. The number of benzene rings is 2. The fraction of sp³-hybridized carbons (Fsp3) is 0.273. The summed E-state index contributed by atoms with van der Waals surface area (Å²) in [5.41, 5.74) is 3.87. The van der Waals surface area contributed by atoms with Gasteiger partial charge in [0, 0.05) is 5.56 Å². The molecular formula is C22H25N3O5. The van der Waals surface area contributed by atoms with Gasteiger partial charge in [-0.05, 0) is 48.4 Å². The van der Waals surface area contributed by atoms with Gasteiger partial charge >= 0.3 is 5.97 Å². The zero-order valence-electron chi connectivity index (χ0n) is 17.0. The topological polar surface area (TPSA) is 106 Å². The van der Waals surface area contributed by atoms with Crippen LogP contribution in [-0.2, 0) is 9.53 Å². The molecule has 0 bridgehead atoms. The minimum atomic E-state index is -0.467. The molecule has 0 aliphatic carbocycles. The van der Waals surface area contributed by atoms with Crippen molar-refractivity contribution in [2.24, 2.45) is 5.10 Å². The van der Waals surface area contributed by atoms with E-state index in [1.807, 2.05) is 0 Å². The third kappa shape index (κ3) is 7.38. The van der Waals surface area contributed by atoms with Crippen LogP contribution in [0.25, 0.3) is 0 Å². The highest BCUT2D eigenvalue weighted by atomic mass is 16.5. The molecule has 30 heavy (non-hydrogen) atoms. The zero-order valence-corrected chi connectivity index (χ0v) is 17.0. The lowest BCUT2D eigenvalue weighted by atomic mass is 10.1. The lowest BCUT2D eigenvalue weighted by Crippen LogP contribution is -2.34. The molecule has 0 spiro atoms. The van der Waals surface area contributed by atoms with Crippen molar-refractivity contribution in [1.82, 2.24) is 10.7 Å². The van der Waals surface area contributed by atoms with Crippen LogP contribution < -0.4 is 15.5 Å². The Kier molecular flexibility index (Phi) is 9.05. The summed E-state index contributed by atoms with van der Waals surface area (Å²) < 4.78 is 10.2. The van der Waals surface area contributed by atoms with Gasteiger partial charge in [-0.3, -0.25) is 9.59 Å². The van der Waals surface area contributed by atoms with Gasteiger partial charge in [0.15, 0.2) is 0 Å². The number of hydrogen-bond donors (Lipinski definition) is 2. The highest BCUT2D eigenvalue weighted by Gasteiger charge is 2.08. The molecule has 0 fully saturated rings. The number of hydrazone groups is 1. The summed E-state index contributed by atoms with van der Waals surface area (Å²) in [6.07, 6.45) is 3.45. The number of nitrogens with zero attached hydrogens (tertiary/aromatic N) is 1. The van der Waals surface area contributed by atoms with Gasteiger partial charge in [-0.1, -0.05) is 25.5 Å². The standard InChI is InChI=1S/C22H25N3O5/c1-3-4-13-30-19-11-9-17(10-12-19)21(27)23-15-20(26)25-24-14-16-5-7-18(8-6-16)22(28)29-2/h5-12,14H,3-4,13,15H2,1-2H3,(H,23,27)(H,25,26)/b24-14+. The van der Waals surface area contributed by atoms with Crippen LogP contribution in [0.4, 0.5) is 0 Å². The Hall–Kier alpha value is -3.68. The van der Waals surface area contributed by atoms with Crippen LogP contribution in [0.15, 0.2) is 53.6 Å². The lowest BCUT2D eigenvalue weighted by Gasteiger charge is -2.07. The number of carbonyl (C=O) groups excluding carboxylic acids is 3. The molecule has 0 saturated carbocycles. The van der Waals surface area contributed by atoms with Crippen molar-refractivity contribution in [3.63, 3.8) is 0 Å². The normalized spacial score (nSPS) is 10.5. The summed E-state index contributed by atoms with van der Waals surface area (Å²) in [6.45, 7) is 2.51. The predicted octanol–water partition coefficient (Wildman–Crippen LogP) is 2.53. The molecule has 2 N–H and O–H groups in total. The molecule has 0 aromatic heterocycles. The van der Waals surface area contributed by atoms with Crippen LogP contribution in [0.5, 0.6) is 5.75 Å². The lowest BCUT2D eigenvalue weighted by molar-refractivity contribution is -0.120. The van der Waals surface area contributed by atoms with Crippen LogP contribution in [0.2, 0.25) is 0 Å². The highest BCUT2D eigenvalue weighted by molar-refractivity contribution is 5.96. The summed E-state index contributed by atoms with van der Waals surface area (Å²) in [7, 11) is 1.31. The van der Waals surface area contributed by atoms with Crippen molar-refractivity contribution in [3.05, 3.63) is 65.2 Å². The second-order valence-corrected chi connectivity index (χ2v) is 6.32. The Morgan fingerprint density at radius 1 is 1.00 bits per heavy atom. The van der Waals surface area contributed by atoms with Crippen molar-refractivity contribution < 1.29 is 23.9 Å². The number of unbranched alkanes of at least 4 members (excludes halogenated alkanes) is 1. The molecule has 0 radical (unpaired) electrons. The van der Waals surface area contributed by atoms with E-state index in [1.165, 1.54) is 13.3 Å². The van der Waals surface area contributed by atoms with Gasteiger partial charge in [-0.25, -0.2) is 10.2 Å². The first-order chi connectivity index (χ1) is 14.5. The zero-order chi connectivity index (χ0) is 21.8. The molecule has 2 aromatic carbocycles. The second-order valence-electron chi connectivity index (χ2n) is 6.32. The van der Waals surface area contributed by atoms with E-state index < -0.39 is 11.9 Å². The SMILES string of the molecule is CCCCOc1ccc(C(=O)NCC(=O)N/N=C/c2ccc(C(=O)OC)cc2)cc1. The Morgan fingerprint density at radius 2 is 1.67 bits per heavy atom. The quantitative estimate of drug-likeness (QED) is 0.270. The largest absolute Gasteiger partial charge is 0.494 e. The Morgan fingerprint density at radius 3 is 2.30 bits per heavy atom. The van der Waals surface area contributed by atoms with Crippen molar-refractivity contribution in [1.29, 1.82) is 0 Å². The first-order valence-corrected chi connectivity index (χ1v) is 9.54. The van der Waals surface area contributed by atoms with Crippen LogP contribution in [0, 0.1) is 0 Å². The summed E-state index contributed by atoms with van der Waals surface area (Å²) in [4.78, 5) is 35.3. The molecule has 0 atom stereocenters. The van der Waals surface area contributed by atoms with Gasteiger partial charge in [-0.2, -0.15) is 5.10 Å². The Balaban J connectivity index is 1.75. The fourth-order valence-electron chi connectivity index (χ4n) is 2.34. The van der Waals surface area contributed by atoms with Gasteiger partial charge in [0.05, 0.1) is 32.0 Å². The third-order valence-electron chi connectivity index (χ3n) is 4.03. The summed E-state index contributed by atoms with van der Waals surface area (Å²) in [6, 6.07) is 13.2. The van der Waals surface area contributed by atoms with Crippen molar-refractivity contribution in [3.8, 4) is 5.75 Å². The molecule has 2 rings (SSSR count). The van der Waals surface area contributed by atoms with Crippen LogP contribution in [0.1, 0.15) is 46.0 Å². The number of carbonyl (C=O) groups is 3. The molecule has 2 aromatic rings. The maximum absolute atomic E-state index is 12.1. The Labute approximate surface area is 175 Å². The summed E-state index contributed by atoms with van der Waals surface area (Å²) in [5, 5.41) is 6.35. The van der Waals surface area contributed by atoms with Crippen LogP contribution in [-0.4, -0.2) is 44.3 Å². The minimum Gasteiger partial charge on any atom is -0.494 e. The maximum atomic E-state index is 12.1. The van der Waals surface area contributed by atoms with Gasteiger partial charge in [-0.15, -0.1) is 0 Å². The van der Waals surface area contributed by atoms with E-state index in [-0.39, 0.29) is 12.5 Å². The van der Waals surface area contributed by atoms with Crippen LogP contribution >= 0.6 is 0 Å². The van der Waals surface area contributed by atoms with Gasteiger partial charge in [0.1, 0.15) is 5.75 Å². The summed E-state index contributed by atoms with van der Waals surface area (Å²) in [5.74, 6) is -0.564. The van der Waals surface area contributed by atoms with Crippen molar-refractivity contribution in [2.75, 3.05) is 20.3 Å².